The van der Waals surface area contributed by atoms with Crippen molar-refractivity contribution in [2.75, 3.05) is 0 Å². The number of hydrogen-bond acceptors (Lipinski definition) is 4. The number of aromatic hydroxyl groups is 1. The van der Waals surface area contributed by atoms with E-state index in [1.807, 2.05) is 24.6 Å². The highest BCUT2D eigenvalue weighted by molar-refractivity contribution is 7.10. The third-order valence-corrected chi connectivity index (χ3v) is 4.42. The van der Waals surface area contributed by atoms with Crippen LogP contribution >= 0.6 is 11.3 Å². The summed E-state index contributed by atoms with van der Waals surface area (Å²) >= 11 is 1.66. The number of aromatic nitrogens is 1. The van der Waals surface area contributed by atoms with Gasteiger partial charge in [0.2, 0.25) is 0 Å². The van der Waals surface area contributed by atoms with Gasteiger partial charge in [0, 0.05) is 22.2 Å². The number of aryl methyl sites for hydroxylation is 1. The highest BCUT2D eigenvalue weighted by Gasteiger charge is 2.40. The molecule has 0 bridgehead atoms. The highest BCUT2D eigenvalue weighted by atomic mass is 32.1. The molecule has 3 heterocycles. The van der Waals surface area contributed by atoms with E-state index in [2.05, 4.69) is 11.1 Å². The van der Waals surface area contributed by atoms with Crippen LogP contribution in [-0.4, -0.2) is 10.1 Å². The van der Waals surface area contributed by atoms with Crippen molar-refractivity contribution in [2.45, 2.75) is 26.1 Å². The molecule has 0 spiro atoms. The largest absolute Gasteiger partial charge is 0.506 e. The molecule has 1 aliphatic heterocycles. The highest BCUT2D eigenvalue weighted by Crippen LogP contribution is 2.45. The van der Waals surface area contributed by atoms with E-state index in [9.17, 15) is 5.11 Å². The maximum Gasteiger partial charge on any atom is 0.142 e. The second kappa shape index (κ2) is 3.55. The molecule has 0 saturated heterocycles. The van der Waals surface area contributed by atoms with Gasteiger partial charge in [0.15, 0.2) is 0 Å². The van der Waals surface area contributed by atoms with Crippen LogP contribution in [0.4, 0.5) is 0 Å². The Morgan fingerprint density at radius 1 is 1.53 bits per heavy atom. The minimum atomic E-state index is -0.471. The van der Waals surface area contributed by atoms with Crippen molar-refractivity contribution >= 4 is 11.3 Å². The van der Waals surface area contributed by atoms with E-state index < -0.39 is 5.60 Å². The molecule has 0 aromatic carbocycles. The van der Waals surface area contributed by atoms with Gasteiger partial charge in [-0.1, -0.05) is 6.07 Å². The Hall–Kier alpha value is -1.39. The van der Waals surface area contributed by atoms with Gasteiger partial charge in [-0.15, -0.1) is 11.3 Å². The molecule has 2 aromatic rings. The minimum absolute atomic E-state index is 0.266. The van der Waals surface area contributed by atoms with Crippen molar-refractivity contribution in [2.24, 2.45) is 0 Å². The Labute approximate surface area is 104 Å². The topological polar surface area (TPSA) is 42.4 Å². The third kappa shape index (κ3) is 1.41. The van der Waals surface area contributed by atoms with Crippen LogP contribution in [0, 0.1) is 6.92 Å². The number of fused-ring (bicyclic) bond motifs is 1. The molecule has 1 unspecified atom stereocenters. The number of rotatable bonds is 1. The second-order valence-corrected chi connectivity index (χ2v) is 5.33. The molecule has 0 aliphatic carbocycles. The number of pyridine rings is 1. The van der Waals surface area contributed by atoms with E-state index in [1.54, 1.807) is 18.3 Å². The summed E-state index contributed by atoms with van der Waals surface area (Å²) in [4.78, 5) is 5.37. The van der Waals surface area contributed by atoms with Gasteiger partial charge in [-0.3, -0.25) is 4.98 Å². The molecule has 88 valence electrons. The van der Waals surface area contributed by atoms with E-state index in [0.29, 0.717) is 12.3 Å². The molecule has 3 nitrogen and oxygen atoms in total. The van der Waals surface area contributed by atoms with Gasteiger partial charge in [-0.05, 0) is 25.3 Å². The van der Waals surface area contributed by atoms with Crippen molar-refractivity contribution in [1.29, 1.82) is 0 Å². The van der Waals surface area contributed by atoms with Crippen molar-refractivity contribution in [3.05, 3.63) is 45.4 Å². The summed E-state index contributed by atoms with van der Waals surface area (Å²) in [5, 5.41) is 12.0. The van der Waals surface area contributed by atoms with Crippen LogP contribution in [0.5, 0.6) is 5.75 Å². The SMILES string of the molecule is Cc1ncc2c(c1O)COC2(C)c1cccs1. The van der Waals surface area contributed by atoms with Gasteiger partial charge in [-0.2, -0.15) is 0 Å². The molecule has 4 heteroatoms. The van der Waals surface area contributed by atoms with Gasteiger partial charge in [-0.25, -0.2) is 0 Å². The first-order chi connectivity index (χ1) is 8.13. The zero-order chi connectivity index (χ0) is 12.0. The molecule has 0 amide bonds. The summed E-state index contributed by atoms with van der Waals surface area (Å²) in [5.41, 5.74) is 2.03. The van der Waals surface area contributed by atoms with Crippen molar-refractivity contribution in [1.82, 2.24) is 4.98 Å². The van der Waals surface area contributed by atoms with Gasteiger partial charge in [0.1, 0.15) is 11.4 Å². The average molecular weight is 247 g/mol. The quantitative estimate of drug-likeness (QED) is 0.842. The second-order valence-electron chi connectivity index (χ2n) is 4.38. The van der Waals surface area contributed by atoms with Crippen LogP contribution < -0.4 is 0 Å². The maximum atomic E-state index is 10.0. The Morgan fingerprint density at radius 2 is 2.35 bits per heavy atom. The van der Waals surface area contributed by atoms with Crippen LogP contribution in [0.2, 0.25) is 0 Å². The average Bonchev–Trinajstić information content (AvgIpc) is 2.93. The smallest absolute Gasteiger partial charge is 0.142 e. The van der Waals surface area contributed by atoms with E-state index >= 15 is 0 Å². The molecule has 0 fully saturated rings. The van der Waals surface area contributed by atoms with E-state index in [1.165, 1.54) is 0 Å². The first kappa shape index (κ1) is 10.7. The van der Waals surface area contributed by atoms with Gasteiger partial charge < -0.3 is 9.84 Å². The van der Waals surface area contributed by atoms with E-state index in [0.717, 1.165) is 16.0 Å². The van der Waals surface area contributed by atoms with Gasteiger partial charge >= 0.3 is 0 Å². The molecule has 17 heavy (non-hydrogen) atoms. The summed E-state index contributed by atoms with van der Waals surface area (Å²) in [5.74, 6) is 0.266. The Balaban J connectivity index is 2.20. The Kier molecular flexibility index (Phi) is 2.24. The lowest BCUT2D eigenvalue weighted by Crippen LogP contribution is -2.20. The fourth-order valence-electron chi connectivity index (χ4n) is 2.25. The predicted octanol–water partition coefficient (Wildman–Crippen LogP) is 2.95. The number of ether oxygens (including phenoxy) is 1. The van der Waals surface area contributed by atoms with Crippen LogP contribution in [-0.2, 0) is 16.9 Å². The van der Waals surface area contributed by atoms with Crippen LogP contribution in [0.3, 0.4) is 0 Å². The Morgan fingerprint density at radius 3 is 3.06 bits per heavy atom. The monoisotopic (exact) mass is 247 g/mol. The molecule has 3 rings (SSSR count). The molecule has 1 atom stereocenters. The van der Waals surface area contributed by atoms with Crippen molar-refractivity contribution in [3.8, 4) is 5.75 Å². The van der Waals surface area contributed by atoms with Crippen molar-refractivity contribution in [3.63, 3.8) is 0 Å². The summed E-state index contributed by atoms with van der Waals surface area (Å²) in [6, 6.07) is 4.06. The normalized spacial score (nSPS) is 22.7. The fraction of sp³-hybridized carbons (Fsp3) is 0.308. The maximum absolute atomic E-state index is 10.0. The first-order valence-corrected chi connectivity index (χ1v) is 6.37. The van der Waals surface area contributed by atoms with E-state index in [4.69, 9.17) is 4.74 Å². The molecule has 0 saturated carbocycles. The number of hydrogen-bond donors (Lipinski definition) is 1. The molecular weight excluding hydrogens is 234 g/mol. The lowest BCUT2D eigenvalue weighted by molar-refractivity contribution is 0.0121. The van der Waals surface area contributed by atoms with Crippen LogP contribution in [0.1, 0.15) is 28.6 Å². The van der Waals surface area contributed by atoms with Crippen LogP contribution in [0.25, 0.3) is 0 Å². The Bertz CT molecular complexity index is 565. The minimum Gasteiger partial charge on any atom is -0.506 e. The number of nitrogens with zero attached hydrogens (tertiary/aromatic N) is 1. The summed E-state index contributed by atoms with van der Waals surface area (Å²) < 4.78 is 5.90. The summed E-state index contributed by atoms with van der Waals surface area (Å²) in [7, 11) is 0. The van der Waals surface area contributed by atoms with Gasteiger partial charge in [0.25, 0.3) is 0 Å². The summed E-state index contributed by atoms with van der Waals surface area (Å²) in [6.07, 6.45) is 1.82. The lowest BCUT2D eigenvalue weighted by Gasteiger charge is -2.23. The lowest BCUT2D eigenvalue weighted by atomic mass is 9.93. The predicted molar refractivity (Wildman–Crippen MR) is 66.2 cm³/mol. The van der Waals surface area contributed by atoms with E-state index in [-0.39, 0.29) is 5.75 Å². The van der Waals surface area contributed by atoms with Crippen LogP contribution in [0.15, 0.2) is 23.7 Å². The van der Waals surface area contributed by atoms with Gasteiger partial charge in [0.05, 0.1) is 12.3 Å². The molecule has 1 N–H and O–H groups in total. The zero-order valence-corrected chi connectivity index (χ0v) is 10.5. The molecule has 0 radical (unpaired) electrons. The summed E-state index contributed by atoms with van der Waals surface area (Å²) in [6.45, 7) is 4.27. The first-order valence-electron chi connectivity index (χ1n) is 5.49. The standard InChI is InChI=1S/C13H13NO2S/c1-8-12(15)9-7-16-13(2,10(9)6-14-8)11-4-3-5-17-11/h3-6,15H,7H2,1-2H3. The molecule has 2 aromatic heterocycles. The van der Waals surface area contributed by atoms with Crippen molar-refractivity contribution < 1.29 is 9.84 Å². The molecule has 1 aliphatic rings. The molecular formula is C13H13NO2S. The third-order valence-electron chi connectivity index (χ3n) is 3.35. The fourth-order valence-corrected chi connectivity index (χ4v) is 3.11. The number of thiophene rings is 1. The zero-order valence-electron chi connectivity index (χ0n) is 9.73.